The van der Waals surface area contributed by atoms with Gasteiger partial charge in [0.15, 0.2) is 8.32 Å². The van der Waals surface area contributed by atoms with E-state index in [2.05, 4.69) is 47.7 Å². The summed E-state index contributed by atoms with van der Waals surface area (Å²) in [4.78, 5) is 11.0. The summed E-state index contributed by atoms with van der Waals surface area (Å²) in [5, 5.41) is 0.281. The summed E-state index contributed by atoms with van der Waals surface area (Å²) in [6.45, 7) is 16.6. The first-order chi connectivity index (χ1) is 10.5. The molecule has 0 amide bonds. The van der Waals surface area contributed by atoms with E-state index in [0.717, 1.165) is 12.7 Å². The quantitative estimate of drug-likeness (QED) is 0.466. The minimum Gasteiger partial charge on any atom is -0.414 e. The highest BCUT2D eigenvalue weighted by atomic mass is 28.4. The molecule has 2 aliphatic rings. The molecule has 3 heteroatoms. The molecule has 0 aromatic heterocycles. The van der Waals surface area contributed by atoms with Gasteiger partial charge in [0.05, 0.1) is 0 Å². The molecule has 0 aliphatic heterocycles. The molecule has 0 aromatic rings. The average Bonchev–Trinajstić information content (AvgIpc) is 2.75. The van der Waals surface area contributed by atoms with Crippen LogP contribution in [0, 0.1) is 23.2 Å². The Morgan fingerprint density at radius 2 is 1.91 bits per heavy atom. The van der Waals surface area contributed by atoms with Crippen LogP contribution in [0.1, 0.15) is 73.1 Å². The molecule has 0 radical (unpaired) electrons. The van der Waals surface area contributed by atoms with Crippen LogP contribution in [0.2, 0.25) is 18.1 Å². The van der Waals surface area contributed by atoms with Crippen molar-refractivity contribution in [1.29, 1.82) is 0 Å². The van der Waals surface area contributed by atoms with E-state index >= 15 is 0 Å². The van der Waals surface area contributed by atoms with E-state index in [1.165, 1.54) is 32.1 Å². The van der Waals surface area contributed by atoms with Crippen LogP contribution in [0.3, 0.4) is 0 Å². The highest BCUT2D eigenvalue weighted by molar-refractivity contribution is 6.74. The Balaban J connectivity index is 2.16. The molecule has 134 valence electrons. The SMILES string of the molecule is C[C@H](CC=O)[C@H]1CC[C@H]2[C@@H](O[Si](C)(C)C(C)(C)C)CCC[C@@]12C. The second kappa shape index (κ2) is 6.63. The fourth-order valence-electron chi connectivity index (χ4n) is 5.11. The molecule has 2 nitrogen and oxygen atoms in total. The van der Waals surface area contributed by atoms with Crippen LogP contribution in [0.5, 0.6) is 0 Å². The fourth-order valence-corrected chi connectivity index (χ4v) is 6.50. The predicted octanol–water partition coefficient (Wildman–Crippen LogP) is 5.82. The third kappa shape index (κ3) is 3.61. The lowest BCUT2D eigenvalue weighted by Crippen LogP contribution is -2.50. The molecular weight excluding hydrogens is 300 g/mol. The zero-order valence-electron chi connectivity index (χ0n) is 16.4. The van der Waals surface area contributed by atoms with Gasteiger partial charge in [0.25, 0.3) is 0 Å². The molecule has 0 spiro atoms. The van der Waals surface area contributed by atoms with Crippen molar-refractivity contribution >= 4 is 14.6 Å². The van der Waals surface area contributed by atoms with Gasteiger partial charge in [0, 0.05) is 12.5 Å². The van der Waals surface area contributed by atoms with Crippen LogP contribution >= 0.6 is 0 Å². The Hall–Kier alpha value is -0.153. The normalized spacial score (nSPS) is 36.6. The Bertz CT molecular complexity index is 426. The topological polar surface area (TPSA) is 26.3 Å². The number of hydrogen-bond donors (Lipinski definition) is 0. The minimum absolute atomic E-state index is 0.281. The standard InChI is InChI=1S/C20H38O2Si/c1-15(12-14-21)16-10-11-17-18(9-8-13-20(16,17)5)22-23(6,7)19(2,3)4/h14-18H,8-13H2,1-7H3/t15-,16-,17+,18+,20+/m1/s1. The van der Waals surface area contributed by atoms with Crippen molar-refractivity contribution in [3.8, 4) is 0 Å². The molecule has 0 saturated heterocycles. The van der Waals surface area contributed by atoms with Crippen LogP contribution in [0.4, 0.5) is 0 Å². The van der Waals surface area contributed by atoms with E-state index < -0.39 is 8.32 Å². The first kappa shape index (κ1) is 19.2. The molecule has 2 rings (SSSR count). The molecule has 0 heterocycles. The molecule has 2 aliphatic carbocycles. The molecule has 0 N–H and O–H groups in total. The summed E-state index contributed by atoms with van der Waals surface area (Å²) >= 11 is 0. The lowest BCUT2D eigenvalue weighted by molar-refractivity contribution is -0.109. The lowest BCUT2D eigenvalue weighted by atomic mass is 9.61. The fraction of sp³-hybridized carbons (Fsp3) is 0.950. The van der Waals surface area contributed by atoms with E-state index in [-0.39, 0.29) is 5.04 Å². The van der Waals surface area contributed by atoms with Gasteiger partial charge in [-0.15, -0.1) is 0 Å². The summed E-state index contributed by atoms with van der Waals surface area (Å²) in [7, 11) is -1.71. The minimum atomic E-state index is -1.71. The summed E-state index contributed by atoms with van der Waals surface area (Å²) in [5.41, 5.74) is 0.383. The lowest BCUT2D eigenvalue weighted by Gasteiger charge is -2.49. The zero-order valence-corrected chi connectivity index (χ0v) is 17.4. The maximum Gasteiger partial charge on any atom is 0.192 e. The van der Waals surface area contributed by atoms with E-state index in [0.29, 0.717) is 29.3 Å². The molecule has 23 heavy (non-hydrogen) atoms. The van der Waals surface area contributed by atoms with Crippen LogP contribution in [-0.4, -0.2) is 20.7 Å². The molecule has 2 fully saturated rings. The van der Waals surface area contributed by atoms with E-state index in [1.54, 1.807) is 0 Å². The molecule has 2 saturated carbocycles. The second-order valence-electron chi connectivity index (χ2n) is 9.98. The predicted molar refractivity (Wildman–Crippen MR) is 100 cm³/mol. The Morgan fingerprint density at radius 1 is 1.26 bits per heavy atom. The number of hydrogen-bond acceptors (Lipinski definition) is 2. The first-order valence-corrected chi connectivity index (χ1v) is 12.5. The van der Waals surface area contributed by atoms with Crippen molar-refractivity contribution in [3.63, 3.8) is 0 Å². The van der Waals surface area contributed by atoms with Crippen LogP contribution in [0.15, 0.2) is 0 Å². The van der Waals surface area contributed by atoms with Gasteiger partial charge in [0.1, 0.15) is 6.29 Å². The second-order valence-corrected chi connectivity index (χ2v) is 14.7. The monoisotopic (exact) mass is 338 g/mol. The smallest absolute Gasteiger partial charge is 0.192 e. The van der Waals surface area contributed by atoms with Crippen LogP contribution in [0.25, 0.3) is 0 Å². The van der Waals surface area contributed by atoms with Crippen molar-refractivity contribution in [2.75, 3.05) is 0 Å². The van der Waals surface area contributed by atoms with Gasteiger partial charge < -0.3 is 9.22 Å². The van der Waals surface area contributed by atoms with Crippen molar-refractivity contribution in [2.24, 2.45) is 23.2 Å². The molecule has 0 aromatic carbocycles. The van der Waals surface area contributed by atoms with Crippen LogP contribution in [-0.2, 0) is 9.22 Å². The third-order valence-corrected chi connectivity index (χ3v) is 12.0. The molecule has 0 bridgehead atoms. The summed E-state index contributed by atoms with van der Waals surface area (Å²) in [6.07, 6.45) is 8.72. The Morgan fingerprint density at radius 3 is 2.48 bits per heavy atom. The van der Waals surface area contributed by atoms with Crippen molar-refractivity contribution in [3.05, 3.63) is 0 Å². The van der Waals surface area contributed by atoms with Gasteiger partial charge in [-0.1, -0.05) is 41.0 Å². The third-order valence-electron chi connectivity index (χ3n) is 7.54. The number of rotatable bonds is 5. The maximum atomic E-state index is 11.0. The highest BCUT2D eigenvalue weighted by Gasteiger charge is 2.54. The average molecular weight is 339 g/mol. The van der Waals surface area contributed by atoms with Crippen LogP contribution < -0.4 is 0 Å². The van der Waals surface area contributed by atoms with Gasteiger partial charge in [-0.3, -0.25) is 0 Å². The number of fused-ring (bicyclic) bond motifs is 1. The van der Waals surface area contributed by atoms with Gasteiger partial charge in [0.2, 0.25) is 0 Å². The van der Waals surface area contributed by atoms with Gasteiger partial charge in [-0.2, -0.15) is 0 Å². The van der Waals surface area contributed by atoms with Crippen molar-refractivity contribution in [1.82, 2.24) is 0 Å². The Kier molecular flexibility index (Phi) is 5.53. The highest BCUT2D eigenvalue weighted by Crippen LogP contribution is 2.59. The maximum absolute atomic E-state index is 11.0. The largest absolute Gasteiger partial charge is 0.414 e. The van der Waals surface area contributed by atoms with Crippen molar-refractivity contribution in [2.45, 2.75) is 97.4 Å². The summed E-state index contributed by atoms with van der Waals surface area (Å²) < 4.78 is 6.88. The number of carbonyl (C=O) groups is 1. The number of carbonyl (C=O) groups excluding carboxylic acids is 1. The summed E-state index contributed by atoms with van der Waals surface area (Å²) in [6, 6.07) is 0. The van der Waals surface area contributed by atoms with Gasteiger partial charge in [-0.05, 0) is 67.0 Å². The van der Waals surface area contributed by atoms with E-state index in [4.69, 9.17) is 4.43 Å². The van der Waals surface area contributed by atoms with E-state index in [9.17, 15) is 4.79 Å². The Labute approximate surface area is 144 Å². The van der Waals surface area contributed by atoms with Gasteiger partial charge in [-0.25, -0.2) is 0 Å². The van der Waals surface area contributed by atoms with E-state index in [1.807, 2.05) is 0 Å². The first-order valence-electron chi connectivity index (χ1n) is 9.64. The number of aldehydes is 1. The zero-order chi connectivity index (χ0) is 17.5. The summed E-state index contributed by atoms with van der Waals surface area (Å²) in [5.74, 6) is 1.92. The molecule has 0 unspecified atom stereocenters. The van der Waals surface area contributed by atoms with Crippen molar-refractivity contribution < 1.29 is 9.22 Å². The molecular formula is C20H38O2Si. The van der Waals surface area contributed by atoms with Gasteiger partial charge >= 0.3 is 0 Å². The molecule has 5 atom stereocenters.